The molecule has 3 N–H and O–H groups in total. The van der Waals surface area contributed by atoms with Gasteiger partial charge in [0.05, 0.1) is 10.9 Å². The summed E-state index contributed by atoms with van der Waals surface area (Å²) in [6, 6.07) is 10.7. The smallest absolute Gasteiger partial charge is 0.251 e. The van der Waals surface area contributed by atoms with Crippen molar-refractivity contribution in [3.05, 3.63) is 65.5 Å². The zero-order valence-corrected chi connectivity index (χ0v) is 12.6. The Kier molecular flexibility index (Phi) is 4.58. The van der Waals surface area contributed by atoms with Gasteiger partial charge in [0.25, 0.3) is 5.91 Å². The number of primary sulfonamides is 1. The molecule has 2 aromatic carbocycles. The molecule has 2 aromatic rings. The molecule has 1 amide bonds. The second-order valence-electron chi connectivity index (χ2n) is 4.82. The number of halogens is 1. The van der Waals surface area contributed by atoms with Crippen molar-refractivity contribution >= 4 is 15.9 Å². The van der Waals surface area contributed by atoms with Crippen molar-refractivity contribution in [2.24, 2.45) is 5.14 Å². The van der Waals surface area contributed by atoms with E-state index in [9.17, 15) is 17.6 Å². The highest BCUT2D eigenvalue weighted by atomic mass is 32.2. The lowest BCUT2D eigenvalue weighted by molar-refractivity contribution is 0.0940. The number of hydrogen-bond acceptors (Lipinski definition) is 3. The summed E-state index contributed by atoms with van der Waals surface area (Å²) >= 11 is 0. The summed E-state index contributed by atoms with van der Waals surface area (Å²) in [7, 11) is -3.80. The van der Waals surface area contributed by atoms with Crippen LogP contribution in [0.4, 0.5) is 4.39 Å². The number of sulfonamides is 1. The molecule has 1 unspecified atom stereocenters. The first-order valence-corrected chi connectivity index (χ1v) is 8.01. The molecule has 5 nitrogen and oxygen atoms in total. The second kappa shape index (κ2) is 6.25. The van der Waals surface area contributed by atoms with Gasteiger partial charge in [-0.15, -0.1) is 0 Å². The van der Waals surface area contributed by atoms with Crippen LogP contribution in [0.15, 0.2) is 53.4 Å². The third-order valence-electron chi connectivity index (χ3n) is 3.14. The van der Waals surface area contributed by atoms with Gasteiger partial charge in [0, 0.05) is 5.56 Å². The molecule has 7 heteroatoms. The van der Waals surface area contributed by atoms with E-state index in [1.807, 2.05) is 0 Å². The number of benzene rings is 2. The number of carbonyl (C=O) groups excluding carboxylic acids is 1. The molecular formula is C15H15FN2O3S. The molecular weight excluding hydrogens is 307 g/mol. The zero-order valence-electron chi connectivity index (χ0n) is 11.8. The Bertz CT molecular complexity index is 789. The van der Waals surface area contributed by atoms with Crippen LogP contribution in [-0.4, -0.2) is 14.3 Å². The van der Waals surface area contributed by atoms with Gasteiger partial charge in [-0.3, -0.25) is 4.79 Å². The molecule has 0 bridgehead atoms. The Morgan fingerprint density at radius 3 is 2.41 bits per heavy atom. The molecule has 116 valence electrons. The zero-order chi connectivity index (χ0) is 16.3. The quantitative estimate of drug-likeness (QED) is 0.902. The van der Waals surface area contributed by atoms with Gasteiger partial charge in [0.2, 0.25) is 10.0 Å². The van der Waals surface area contributed by atoms with Gasteiger partial charge in [0.1, 0.15) is 5.82 Å². The first-order valence-electron chi connectivity index (χ1n) is 6.46. The normalized spacial score (nSPS) is 12.7. The van der Waals surface area contributed by atoms with E-state index in [-0.39, 0.29) is 10.8 Å². The van der Waals surface area contributed by atoms with Crippen LogP contribution in [-0.2, 0) is 10.0 Å². The van der Waals surface area contributed by atoms with Gasteiger partial charge in [-0.05, 0) is 48.9 Å². The minimum Gasteiger partial charge on any atom is -0.346 e. The monoisotopic (exact) mass is 322 g/mol. The van der Waals surface area contributed by atoms with E-state index < -0.39 is 21.9 Å². The largest absolute Gasteiger partial charge is 0.346 e. The highest BCUT2D eigenvalue weighted by molar-refractivity contribution is 7.89. The summed E-state index contributed by atoms with van der Waals surface area (Å²) in [5.74, 6) is -0.807. The van der Waals surface area contributed by atoms with Crippen molar-refractivity contribution in [2.75, 3.05) is 0 Å². The Balaban J connectivity index is 2.17. The molecule has 2 rings (SSSR count). The fraction of sp³-hybridized carbons (Fsp3) is 0.133. The van der Waals surface area contributed by atoms with E-state index in [4.69, 9.17) is 5.14 Å². The molecule has 22 heavy (non-hydrogen) atoms. The van der Waals surface area contributed by atoms with Gasteiger partial charge in [-0.25, -0.2) is 17.9 Å². The van der Waals surface area contributed by atoms with Crippen LogP contribution in [0.3, 0.4) is 0 Å². The van der Waals surface area contributed by atoms with E-state index in [1.54, 1.807) is 19.1 Å². The first kappa shape index (κ1) is 16.1. The average Bonchev–Trinajstić information content (AvgIpc) is 2.47. The van der Waals surface area contributed by atoms with Crippen LogP contribution in [0, 0.1) is 5.82 Å². The molecule has 0 radical (unpaired) electrons. The molecule has 0 heterocycles. The highest BCUT2D eigenvalue weighted by Crippen LogP contribution is 2.17. The number of carbonyl (C=O) groups is 1. The van der Waals surface area contributed by atoms with Crippen LogP contribution >= 0.6 is 0 Å². The van der Waals surface area contributed by atoms with Crippen LogP contribution in [0.25, 0.3) is 0 Å². The van der Waals surface area contributed by atoms with E-state index >= 15 is 0 Å². The fourth-order valence-corrected chi connectivity index (χ4v) is 2.49. The Morgan fingerprint density at radius 2 is 1.82 bits per heavy atom. The summed E-state index contributed by atoms with van der Waals surface area (Å²) in [6.07, 6.45) is 0. The highest BCUT2D eigenvalue weighted by Gasteiger charge is 2.14. The summed E-state index contributed by atoms with van der Waals surface area (Å²) in [6.45, 7) is 1.71. The van der Waals surface area contributed by atoms with Crippen molar-refractivity contribution in [1.29, 1.82) is 0 Å². The van der Waals surface area contributed by atoms with Crippen LogP contribution in [0.1, 0.15) is 28.9 Å². The molecule has 0 aromatic heterocycles. The molecule has 0 fully saturated rings. The van der Waals surface area contributed by atoms with E-state index in [1.165, 1.54) is 36.4 Å². The molecule has 0 aliphatic carbocycles. The lowest BCUT2D eigenvalue weighted by Crippen LogP contribution is -2.26. The lowest BCUT2D eigenvalue weighted by atomic mass is 10.1. The van der Waals surface area contributed by atoms with Crippen LogP contribution in [0.5, 0.6) is 0 Å². The molecule has 0 saturated carbocycles. The fourth-order valence-electron chi connectivity index (χ4n) is 1.93. The number of nitrogens with two attached hydrogens (primary N) is 1. The van der Waals surface area contributed by atoms with Crippen LogP contribution in [0.2, 0.25) is 0 Å². The van der Waals surface area contributed by atoms with Gasteiger partial charge >= 0.3 is 0 Å². The molecule has 0 aliphatic rings. The standard InChI is InChI=1S/C15H15FN2O3S/c1-10(12-3-2-4-14(9-12)22(17,20)21)18-15(19)11-5-7-13(16)8-6-11/h2-10H,1H3,(H,18,19)(H2,17,20,21). The maximum absolute atomic E-state index is 12.8. The van der Waals surface area contributed by atoms with Gasteiger partial charge in [0.15, 0.2) is 0 Å². The summed E-state index contributed by atoms with van der Waals surface area (Å²) in [5, 5.41) is 7.80. The van der Waals surface area contributed by atoms with Crippen molar-refractivity contribution in [3.8, 4) is 0 Å². The minimum atomic E-state index is -3.80. The van der Waals surface area contributed by atoms with Crippen molar-refractivity contribution in [2.45, 2.75) is 17.9 Å². The first-order chi connectivity index (χ1) is 10.3. The van der Waals surface area contributed by atoms with E-state index in [2.05, 4.69) is 5.32 Å². The molecule has 1 atom stereocenters. The van der Waals surface area contributed by atoms with Gasteiger partial charge in [-0.1, -0.05) is 12.1 Å². The lowest BCUT2D eigenvalue weighted by Gasteiger charge is -2.15. The number of hydrogen-bond donors (Lipinski definition) is 2. The minimum absolute atomic E-state index is 0.0205. The van der Waals surface area contributed by atoms with Gasteiger partial charge < -0.3 is 5.32 Å². The Labute approximate surface area is 128 Å². The topological polar surface area (TPSA) is 89.3 Å². The number of rotatable bonds is 4. The predicted molar refractivity (Wildman–Crippen MR) is 80.1 cm³/mol. The van der Waals surface area contributed by atoms with Crippen LogP contribution < -0.4 is 10.5 Å². The van der Waals surface area contributed by atoms with Crippen molar-refractivity contribution in [1.82, 2.24) is 5.32 Å². The van der Waals surface area contributed by atoms with E-state index in [0.29, 0.717) is 11.1 Å². The molecule has 0 aliphatic heterocycles. The Morgan fingerprint density at radius 1 is 1.18 bits per heavy atom. The summed E-state index contributed by atoms with van der Waals surface area (Å²) in [4.78, 5) is 12.0. The molecule has 0 saturated heterocycles. The van der Waals surface area contributed by atoms with Crippen molar-refractivity contribution in [3.63, 3.8) is 0 Å². The second-order valence-corrected chi connectivity index (χ2v) is 6.38. The SMILES string of the molecule is CC(NC(=O)c1ccc(F)cc1)c1cccc(S(N)(=O)=O)c1. The third-order valence-corrected chi connectivity index (χ3v) is 4.05. The maximum Gasteiger partial charge on any atom is 0.251 e. The molecule has 0 spiro atoms. The Hall–Kier alpha value is -2.25. The maximum atomic E-state index is 12.8. The summed E-state index contributed by atoms with van der Waals surface area (Å²) < 4.78 is 35.5. The third kappa shape index (κ3) is 3.90. The number of nitrogens with one attached hydrogen (secondary N) is 1. The number of amides is 1. The van der Waals surface area contributed by atoms with E-state index in [0.717, 1.165) is 0 Å². The van der Waals surface area contributed by atoms with Crippen molar-refractivity contribution < 1.29 is 17.6 Å². The predicted octanol–water partition coefficient (Wildman–Crippen LogP) is 1.96. The average molecular weight is 322 g/mol. The summed E-state index contributed by atoms with van der Waals surface area (Å²) in [5.41, 5.74) is 0.915. The van der Waals surface area contributed by atoms with Gasteiger partial charge in [-0.2, -0.15) is 0 Å².